The molecule has 0 aliphatic carbocycles. The van der Waals surface area contributed by atoms with Gasteiger partial charge in [0.25, 0.3) is 0 Å². The molecule has 7 aromatic rings. The first-order valence-corrected chi connectivity index (χ1v) is 12.6. The Kier molecular flexibility index (Phi) is 4.42. The van der Waals surface area contributed by atoms with Gasteiger partial charge in [-0.15, -0.1) is 11.3 Å². The highest BCUT2D eigenvalue weighted by Gasteiger charge is 2.16. The lowest BCUT2D eigenvalue weighted by Gasteiger charge is -2.14. The molecule has 0 spiro atoms. The van der Waals surface area contributed by atoms with Gasteiger partial charge in [-0.25, -0.2) is 0 Å². The number of rotatable bonds is 3. The average molecular weight is 467 g/mol. The second-order valence-electron chi connectivity index (χ2n) is 9.04. The van der Waals surface area contributed by atoms with Crippen LogP contribution in [0.4, 0.5) is 0 Å². The van der Waals surface area contributed by atoms with Crippen molar-refractivity contribution in [3.05, 3.63) is 115 Å². The molecular formula is C32H22N2S. The second-order valence-corrected chi connectivity index (χ2v) is 10.1. The Morgan fingerprint density at radius 1 is 0.629 bits per heavy atom. The number of nitrogens with zero attached hydrogens (tertiary/aromatic N) is 1. The first kappa shape index (κ1) is 20.2. The van der Waals surface area contributed by atoms with Crippen LogP contribution < -0.4 is 0 Å². The molecule has 0 aliphatic heterocycles. The summed E-state index contributed by atoms with van der Waals surface area (Å²) in [6, 6.07) is 39.2. The van der Waals surface area contributed by atoms with E-state index in [1.807, 2.05) is 18.3 Å². The van der Waals surface area contributed by atoms with E-state index in [9.17, 15) is 0 Å². The normalized spacial score (nSPS) is 11.7. The van der Waals surface area contributed by atoms with Crippen molar-refractivity contribution in [1.82, 2.24) is 4.57 Å². The Labute approximate surface area is 207 Å². The predicted molar refractivity (Wildman–Crippen MR) is 152 cm³/mol. The van der Waals surface area contributed by atoms with Crippen molar-refractivity contribution in [2.75, 3.05) is 0 Å². The second kappa shape index (κ2) is 7.66. The minimum atomic E-state index is 0.584. The zero-order valence-electron chi connectivity index (χ0n) is 19.2. The van der Waals surface area contributed by atoms with Crippen LogP contribution in [0.15, 0.2) is 109 Å². The molecule has 0 aliphatic rings. The molecule has 0 saturated heterocycles. The fourth-order valence-electron chi connectivity index (χ4n) is 5.27. The zero-order chi connectivity index (χ0) is 23.5. The van der Waals surface area contributed by atoms with E-state index in [1.54, 1.807) is 0 Å². The van der Waals surface area contributed by atoms with Gasteiger partial charge in [-0.2, -0.15) is 0 Å². The fraction of sp³-hybridized carbons (Fsp3) is 0.0312. The van der Waals surface area contributed by atoms with Gasteiger partial charge in [0.15, 0.2) is 0 Å². The lowest BCUT2D eigenvalue weighted by molar-refractivity contribution is 1.18. The lowest BCUT2D eigenvalue weighted by Crippen LogP contribution is -1.97. The number of hydrogen-bond donors (Lipinski definition) is 1. The van der Waals surface area contributed by atoms with Crippen molar-refractivity contribution in [2.24, 2.45) is 0 Å². The fourth-order valence-corrected chi connectivity index (χ4v) is 6.36. The zero-order valence-corrected chi connectivity index (χ0v) is 20.1. The standard InChI is InChI=1S/C32H22N2S/c1-20(33)21-14-16-30-26(18-21)24-9-3-6-12-29(24)34(30)28-11-5-2-8-23(28)22-15-17-32-27(19-22)25-10-4-7-13-31(25)35-32/h2-19,33H,1H3. The van der Waals surface area contributed by atoms with Gasteiger partial charge in [0.1, 0.15) is 0 Å². The number of para-hydroxylation sites is 2. The molecule has 0 bridgehead atoms. The van der Waals surface area contributed by atoms with Crippen molar-refractivity contribution >= 4 is 59.0 Å². The maximum Gasteiger partial charge on any atom is 0.0541 e. The quantitative estimate of drug-likeness (QED) is 0.251. The van der Waals surface area contributed by atoms with Crippen LogP contribution in [0.5, 0.6) is 0 Å². The summed E-state index contributed by atoms with van der Waals surface area (Å²) in [6.45, 7) is 1.85. The Hall–Kier alpha value is -4.21. The molecule has 2 heterocycles. The van der Waals surface area contributed by atoms with Crippen molar-refractivity contribution in [2.45, 2.75) is 6.92 Å². The number of nitrogens with one attached hydrogen (secondary N) is 1. The monoisotopic (exact) mass is 466 g/mol. The van der Waals surface area contributed by atoms with E-state index in [0.29, 0.717) is 5.71 Å². The third-order valence-electron chi connectivity index (χ3n) is 6.94. The van der Waals surface area contributed by atoms with Crippen LogP contribution >= 0.6 is 11.3 Å². The van der Waals surface area contributed by atoms with Gasteiger partial charge in [0.2, 0.25) is 0 Å². The van der Waals surface area contributed by atoms with Crippen LogP contribution in [0.3, 0.4) is 0 Å². The van der Waals surface area contributed by atoms with Gasteiger partial charge in [-0.3, -0.25) is 0 Å². The maximum atomic E-state index is 8.14. The SMILES string of the molecule is CC(=N)c1ccc2c(c1)c1ccccc1n2-c1ccccc1-c1ccc2sc3ccccc3c2c1. The minimum absolute atomic E-state index is 0.584. The van der Waals surface area contributed by atoms with E-state index in [-0.39, 0.29) is 0 Å². The molecule has 0 radical (unpaired) electrons. The average Bonchev–Trinajstić information content (AvgIpc) is 3.43. The summed E-state index contributed by atoms with van der Waals surface area (Å²) in [4.78, 5) is 0. The molecule has 0 amide bonds. The number of fused-ring (bicyclic) bond motifs is 6. The highest BCUT2D eigenvalue weighted by Crippen LogP contribution is 2.39. The molecule has 0 saturated carbocycles. The molecule has 35 heavy (non-hydrogen) atoms. The third kappa shape index (κ3) is 3.05. The smallest absolute Gasteiger partial charge is 0.0541 e. The predicted octanol–water partition coefficient (Wildman–Crippen LogP) is 9.21. The van der Waals surface area contributed by atoms with E-state index in [4.69, 9.17) is 5.41 Å². The van der Waals surface area contributed by atoms with E-state index in [1.165, 1.54) is 47.6 Å². The van der Waals surface area contributed by atoms with E-state index >= 15 is 0 Å². The minimum Gasteiger partial charge on any atom is -0.309 e. The van der Waals surface area contributed by atoms with Gasteiger partial charge >= 0.3 is 0 Å². The topological polar surface area (TPSA) is 28.8 Å². The maximum absolute atomic E-state index is 8.14. The van der Waals surface area contributed by atoms with Crippen LogP contribution in [0.1, 0.15) is 12.5 Å². The van der Waals surface area contributed by atoms with Crippen molar-refractivity contribution < 1.29 is 0 Å². The van der Waals surface area contributed by atoms with Crippen LogP contribution in [0.25, 0.3) is 58.8 Å². The van der Waals surface area contributed by atoms with E-state index in [0.717, 1.165) is 16.8 Å². The number of thiophene rings is 1. The highest BCUT2D eigenvalue weighted by molar-refractivity contribution is 7.25. The molecule has 5 aromatic carbocycles. The highest BCUT2D eigenvalue weighted by atomic mass is 32.1. The summed E-state index contributed by atoms with van der Waals surface area (Å²) >= 11 is 1.85. The molecule has 3 heteroatoms. The summed E-state index contributed by atoms with van der Waals surface area (Å²) in [6.07, 6.45) is 0. The Bertz CT molecular complexity index is 1940. The lowest BCUT2D eigenvalue weighted by atomic mass is 10.0. The summed E-state index contributed by atoms with van der Waals surface area (Å²) in [5.74, 6) is 0. The Morgan fingerprint density at radius 2 is 1.34 bits per heavy atom. The van der Waals surface area contributed by atoms with Gasteiger partial charge < -0.3 is 9.98 Å². The van der Waals surface area contributed by atoms with Gasteiger partial charge in [-0.1, -0.05) is 66.7 Å². The molecule has 166 valence electrons. The van der Waals surface area contributed by atoms with Crippen LogP contribution in [0, 0.1) is 5.41 Å². The Balaban J connectivity index is 1.53. The van der Waals surface area contributed by atoms with Crippen LogP contribution in [0.2, 0.25) is 0 Å². The summed E-state index contributed by atoms with van der Waals surface area (Å²) < 4.78 is 5.02. The van der Waals surface area contributed by atoms with Crippen molar-refractivity contribution in [3.8, 4) is 16.8 Å². The summed E-state index contributed by atoms with van der Waals surface area (Å²) in [5.41, 5.74) is 7.47. The first-order chi connectivity index (χ1) is 17.2. The van der Waals surface area contributed by atoms with E-state index in [2.05, 4.69) is 114 Å². The third-order valence-corrected chi connectivity index (χ3v) is 8.09. The summed E-state index contributed by atoms with van der Waals surface area (Å²) in [5, 5.41) is 13.2. The molecule has 0 unspecified atom stereocenters. The van der Waals surface area contributed by atoms with Gasteiger partial charge in [0, 0.05) is 42.2 Å². The first-order valence-electron chi connectivity index (χ1n) is 11.8. The molecule has 0 fully saturated rings. The molecule has 1 N–H and O–H groups in total. The van der Waals surface area contributed by atoms with Gasteiger partial charge in [-0.05, 0) is 60.5 Å². The number of aromatic nitrogens is 1. The van der Waals surface area contributed by atoms with Crippen molar-refractivity contribution in [1.29, 1.82) is 5.41 Å². The molecule has 2 nitrogen and oxygen atoms in total. The largest absolute Gasteiger partial charge is 0.309 e. The molecule has 2 aromatic heterocycles. The van der Waals surface area contributed by atoms with E-state index < -0.39 is 0 Å². The van der Waals surface area contributed by atoms with Gasteiger partial charge in [0.05, 0.1) is 16.7 Å². The van der Waals surface area contributed by atoms with Crippen LogP contribution in [-0.4, -0.2) is 10.3 Å². The molecule has 7 rings (SSSR count). The van der Waals surface area contributed by atoms with Crippen molar-refractivity contribution in [3.63, 3.8) is 0 Å². The Morgan fingerprint density at radius 3 is 2.23 bits per heavy atom. The van der Waals surface area contributed by atoms with Crippen LogP contribution in [-0.2, 0) is 0 Å². The number of benzene rings is 5. The molecule has 0 atom stereocenters. The molecular weight excluding hydrogens is 444 g/mol. The number of hydrogen-bond acceptors (Lipinski definition) is 2. The summed E-state index contributed by atoms with van der Waals surface area (Å²) in [7, 11) is 0.